The van der Waals surface area contributed by atoms with E-state index in [4.69, 9.17) is 13.9 Å². The van der Waals surface area contributed by atoms with E-state index in [-0.39, 0.29) is 25.4 Å². The van der Waals surface area contributed by atoms with E-state index in [2.05, 4.69) is 0 Å². The van der Waals surface area contributed by atoms with E-state index in [1.165, 1.54) is 13.2 Å². The van der Waals surface area contributed by atoms with Crippen molar-refractivity contribution >= 4 is 17.7 Å². The molecule has 2 rings (SSSR count). The Morgan fingerprint density at radius 1 is 1.29 bits per heavy atom. The van der Waals surface area contributed by atoms with Gasteiger partial charge in [0.2, 0.25) is 0 Å². The number of ether oxygens (including phenoxy) is 2. The quantitative estimate of drug-likeness (QED) is 0.640. The molecule has 132 valence electrons. The van der Waals surface area contributed by atoms with Crippen LogP contribution in [0.4, 0.5) is 0 Å². The van der Waals surface area contributed by atoms with Crippen molar-refractivity contribution in [2.75, 3.05) is 13.2 Å². The van der Waals surface area contributed by atoms with Gasteiger partial charge in [0.05, 0.1) is 36.9 Å². The molecule has 1 fully saturated rings. The first kappa shape index (κ1) is 18.2. The molecule has 1 aliphatic rings. The molecule has 24 heavy (non-hydrogen) atoms. The Morgan fingerprint density at radius 2 is 1.92 bits per heavy atom. The van der Waals surface area contributed by atoms with Gasteiger partial charge in [0, 0.05) is 6.42 Å². The largest absolute Gasteiger partial charge is 0.469 e. The summed E-state index contributed by atoms with van der Waals surface area (Å²) in [5.41, 5.74) is -1.65. The summed E-state index contributed by atoms with van der Waals surface area (Å²) in [6.45, 7) is 4.89. The van der Waals surface area contributed by atoms with E-state index in [1.807, 2.05) is 0 Å². The van der Waals surface area contributed by atoms with Gasteiger partial charge in [-0.2, -0.15) is 0 Å². The lowest BCUT2D eigenvalue weighted by Crippen LogP contribution is -2.55. The Bertz CT molecular complexity index is 602. The standard InChI is InChI=1S/C17H22O7/c1-4-22-15(19)12-10(18)9-17(3,21)14(16(20)23-5-2)13(12)11-7-6-8-24-11/h6-8,12-14,21H,4-5,9H2,1-3H3/t12-,13-,14-,17+/m1/s1. The minimum absolute atomic E-state index is 0.105. The summed E-state index contributed by atoms with van der Waals surface area (Å²) in [7, 11) is 0. The second-order valence-corrected chi connectivity index (χ2v) is 6.00. The Hall–Kier alpha value is -2.15. The molecule has 0 spiro atoms. The summed E-state index contributed by atoms with van der Waals surface area (Å²) in [6, 6.07) is 3.16. The van der Waals surface area contributed by atoms with Crippen LogP contribution in [0.5, 0.6) is 0 Å². The minimum atomic E-state index is -1.65. The molecule has 4 atom stereocenters. The monoisotopic (exact) mass is 338 g/mol. The van der Waals surface area contributed by atoms with Crippen LogP contribution in [0.3, 0.4) is 0 Å². The second kappa shape index (κ2) is 7.17. The Labute approximate surface area is 139 Å². The van der Waals surface area contributed by atoms with Gasteiger partial charge >= 0.3 is 11.9 Å². The van der Waals surface area contributed by atoms with Crippen LogP contribution in [-0.2, 0) is 23.9 Å². The molecule has 0 radical (unpaired) electrons. The first-order chi connectivity index (χ1) is 11.3. The maximum atomic E-state index is 12.5. The highest BCUT2D eigenvalue weighted by atomic mass is 16.5. The van der Waals surface area contributed by atoms with Crippen molar-refractivity contribution in [1.29, 1.82) is 0 Å². The fraction of sp³-hybridized carbons (Fsp3) is 0.588. The van der Waals surface area contributed by atoms with Gasteiger partial charge in [-0.1, -0.05) is 0 Å². The molecule has 1 aliphatic carbocycles. The lowest BCUT2D eigenvalue weighted by Gasteiger charge is -2.42. The highest BCUT2D eigenvalue weighted by molar-refractivity contribution is 6.02. The molecule has 7 nitrogen and oxygen atoms in total. The fourth-order valence-electron chi connectivity index (χ4n) is 3.30. The first-order valence-electron chi connectivity index (χ1n) is 7.95. The Morgan fingerprint density at radius 3 is 2.46 bits per heavy atom. The number of carbonyl (C=O) groups excluding carboxylic acids is 3. The minimum Gasteiger partial charge on any atom is -0.469 e. The Kier molecular flexibility index (Phi) is 5.43. The normalized spacial score (nSPS) is 30.0. The first-order valence-corrected chi connectivity index (χ1v) is 7.95. The van der Waals surface area contributed by atoms with Crippen LogP contribution in [0.2, 0.25) is 0 Å². The summed E-state index contributed by atoms with van der Waals surface area (Å²) in [4.78, 5) is 37.3. The highest BCUT2D eigenvalue weighted by Gasteiger charge is 2.58. The number of aliphatic hydroxyl groups is 1. The van der Waals surface area contributed by atoms with Gasteiger partial charge in [0.15, 0.2) is 5.78 Å². The number of hydrogen-bond donors (Lipinski definition) is 1. The molecular weight excluding hydrogens is 316 g/mol. The number of esters is 2. The van der Waals surface area contributed by atoms with E-state index in [9.17, 15) is 19.5 Å². The molecule has 0 aliphatic heterocycles. The summed E-state index contributed by atoms with van der Waals surface area (Å²) in [6.07, 6.45) is 1.05. The molecule has 0 saturated heterocycles. The van der Waals surface area contributed by atoms with E-state index in [0.29, 0.717) is 0 Å². The van der Waals surface area contributed by atoms with E-state index in [1.54, 1.807) is 26.0 Å². The second-order valence-electron chi connectivity index (χ2n) is 6.00. The van der Waals surface area contributed by atoms with Gasteiger partial charge in [0.1, 0.15) is 11.7 Å². The molecule has 1 N–H and O–H groups in total. The molecular formula is C17H22O7. The van der Waals surface area contributed by atoms with Crippen molar-refractivity contribution in [1.82, 2.24) is 0 Å². The third-order valence-electron chi connectivity index (χ3n) is 4.22. The van der Waals surface area contributed by atoms with E-state index in [0.717, 1.165) is 0 Å². The number of hydrogen-bond acceptors (Lipinski definition) is 7. The van der Waals surface area contributed by atoms with Gasteiger partial charge in [-0.3, -0.25) is 14.4 Å². The van der Waals surface area contributed by atoms with Crippen LogP contribution < -0.4 is 0 Å². The lowest BCUT2D eigenvalue weighted by atomic mass is 9.63. The lowest BCUT2D eigenvalue weighted by molar-refractivity contribution is -0.173. The van der Waals surface area contributed by atoms with Gasteiger partial charge in [0.25, 0.3) is 0 Å². The fourth-order valence-corrected chi connectivity index (χ4v) is 3.30. The summed E-state index contributed by atoms with van der Waals surface area (Å²) < 4.78 is 15.4. The highest BCUT2D eigenvalue weighted by Crippen LogP contribution is 2.46. The summed E-state index contributed by atoms with van der Waals surface area (Å²) >= 11 is 0. The third-order valence-corrected chi connectivity index (χ3v) is 4.22. The molecule has 0 amide bonds. The zero-order valence-electron chi connectivity index (χ0n) is 14.0. The third kappa shape index (κ3) is 3.36. The molecule has 1 heterocycles. The van der Waals surface area contributed by atoms with Gasteiger partial charge in [-0.05, 0) is 32.9 Å². The molecule has 1 saturated carbocycles. The molecule has 1 aromatic heterocycles. The van der Waals surface area contributed by atoms with Gasteiger partial charge < -0.3 is 19.0 Å². The van der Waals surface area contributed by atoms with Crippen LogP contribution in [0.15, 0.2) is 22.8 Å². The average Bonchev–Trinajstić information content (AvgIpc) is 2.99. The van der Waals surface area contributed by atoms with Crippen LogP contribution >= 0.6 is 0 Å². The maximum absolute atomic E-state index is 12.5. The number of furan rings is 1. The van der Waals surface area contributed by atoms with Crippen molar-refractivity contribution < 1.29 is 33.4 Å². The van der Waals surface area contributed by atoms with Crippen molar-refractivity contribution in [3.05, 3.63) is 24.2 Å². The number of rotatable bonds is 5. The summed E-state index contributed by atoms with van der Waals surface area (Å²) in [5, 5.41) is 10.7. The van der Waals surface area contributed by atoms with Crippen molar-refractivity contribution in [3.63, 3.8) is 0 Å². The SMILES string of the molecule is CCOC(=O)[C@@H]1C(=O)C[C@](C)(O)[C@@H](C(=O)OCC)[C@@H]1c1ccco1. The molecule has 0 aromatic carbocycles. The van der Waals surface area contributed by atoms with Crippen LogP contribution in [0, 0.1) is 11.8 Å². The van der Waals surface area contributed by atoms with Crippen molar-refractivity contribution in [2.45, 2.75) is 38.7 Å². The van der Waals surface area contributed by atoms with Crippen molar-refractivity contribution in [2.24, 2.45) is 11.8 Å². The van der Waals surface area contributed by atoms with Crippen LogP contribution in [0.25, 0.3) is 0 Å². The molecule has 0 bridgehead atoms. The van der Waals surface area contributed by atoms with E-state index >= 15 is 0 Å². The molecule has 1 aromatic rings. The topological polar surface area (TPSA) is 103 Å². The zero-order chi connectivity index (χ0) is 17.9. The predicted octanol–water partition coefficient (Wildman–Crippen LogP) is 1.45. The predicted molar refractivity (Wildman–Crippen MR) is 81.9 cm³/mol. The molecule has 7 heteroatoms. The van der Waals surface area contributed by atoms with Crippen LogP contribution in [-0.4, -0.2) is 41.6 Å². The zero-order valence-corrected chi connectivity index (χ0v) is 14.0. The number of ketones is 1. The van der Waals surface area contributed by atoms with Crippen LogP contribution in [0.1, 0.15) is 38.9 Å². The Balaban J connectivity index is 2.53. The maximum Gasteiger partial charge on any atom is 0.317 e. The van der Waals surface area contributed by atoms with E-state index < -0.39 is 41.1 Å². The van der Waals surface area contributed by atoms with Gasteiger partial charge in [-0.25, -0.2) is 0 Å². The number of Topliss-reactive ketones (excluding diaryl/α,β-unsaturated/α-hetero) is 1. The van der Waals surface area contributed by atoms with Crippen molar-refractivity contribution in [3.8, 4) is 0 Å². The smallest absolute Gasteiger partial charge is 0.317 e. The summed E-state index contributed by atoms with van der Waals surface area (Å²) in [5.74, 6) is -4.94. The van der Waals surface area contributed by atoms with Gasteiger partial charge in [-0.15, -0.1) is 0 Å². The number of carbonyl (C=O) groups is 3. The average molecular weight is 338 g/mol. The molecule has 0 unspecified atom stereocenters.